The van der Waals surface area contributed by atoms with Crippen LogP contribution in [0.3, 0.4) is 0 Å². The molecule has 1 N–H and O–H groups in total. The highest BCUT2D eigenvalue weighted by Gasteiger charge is 2.10. The average Bonchev–Trinajstić information content (AvgIpc) is 2.54. The Bertz CT molecular complexity index is 900. The summed E-state index contributed by atoms with van der Waals surface area (Å²) in [7, 11) is 0. The van der Waals surface area contributed by atoms with Crippen molar-refractivity contribution in [3.63, 3.8) is 0 Å². The van der Waals surface area contributed by atoms with Crippen LogP contribution in [0, 0.1) is 13.8 Å². The molecule has 0 saturated heterocycles. The number of aryl methyl sites for hydroxylation is 2. The van der Waals surface area contributed by atoms with Crippen LogP contribution >= 0.6 is 0 Å². The molecule has 0 radical (unpaired) electrons. The van der Waals surface area contributed by atoms with Crippen molar-refractivity contribution in [1.82, 2.24) is 10.4 Å². The number of pyridine rings is 1. The number of aromatic nitrogens is 1. The quantitative estimate of drug-likeness (QED) is 0.593. The maximum atomic E-state index is 12.4. The molecule has 0 spiro atoms. The fourth-order valence-corrected chi connectivity index (χ4v) is 2.47. The van der Waals surface area contributed by atoms with Crippen molar-refractivity contribution in [1.29, 1.82) is 0 Å². The molecule has 0 aliphatic heterocycles. The molecule has 3 rings (SSSR count). The normalized spacial score (nSPS) is 11.0. The first-order valence-electron chi connectivity index (χ1n) is 7.40. The van der Waals surface area contributed by atoms with Gasteiger partial charge in [0.25, 0.3) is 5.91 Å². The minimum absolute atomic E-state index is 0.240. The third kappa shape index (κ3) is 3.43. The zero-order valence-corrected chi connectivity index (χ0v) is 13.1. The van der Waals surface area contributed by atoms with Gasteiger partial charge in [-0.3, -0.25) is 9.78 Å². The van der Waals surface area contributed by atoms with Crippen LogP contribution in [0.25, 0.3) is 10.9 Å². The summed E-state index contributed by atoms with van der Waals surface area (Å²) in [4.78, 5) is 16.9. The predicted molar refractivity (Wildman–Crippen MR) is 92.7 cm³/mol. The molecule has 0 aliphatic carbocycles. The van der Waals surface area contributed by atoms with E-state index in [0.29, 0.717) is 5.56 Å². The topological polar surface area (TPSA) is 54.4 Å². The van der Waals surface area contributed by atoms with Crippen molar-refractivity contribution in [3.8, 4) is 0 Å². The van der Waals surface area contributed by atoms with Crippen molar-refractivity contribution in [2.75, 3.05) is 0 Å². The Morgan fingerprint density at radius 1 is 1.09 bits per heavy atom. The molecule has 1 heterocycles. The fraction of sp³-hybridized carbons (Fsp3) is 0.105. The summed E-state index contributed by atoms with van der Waals surface area (Å²) < 4.78 is 0. The van der Waals surface area contributed by atoms with E-state index >= 15 is 0 Å². The van der Waals surface area contributed by atoms with Crippen LogP contribution < -0.4 is 5.43 Å². The molecule has 4 nitrogen and oxygen atoms in total. The third-order valence-corrected chi connectivity index (χ3v) is 3.51. The summed E-state index contributed by atoms with van der Waals surface area (Å²) in [5.74, 6) is -0.240. The zero-order valence-electron chi connectivity index (χ0n) is 13.1. The van der Waals surface area contributed by atoms with E-state index < -0.39 is 0 Å². The molecular formula is C19H17N3O. The Morgan fingerprint density at radius 3 is 2.74 bits per heavy atom. The number of hydrogen-bond acceptors (Lipinski definition) is 3. The first kappa shape index (κ1) is 14.9. The highest BCUT2D eigenvalue weighted by molar-refractivity contribution is 6.06. The Labute approximate surface area is 134 Å². The summed E-state index contributed by atoms with van der Waals surface area (Å²) in [6.45, 7) is 3.89. The Morgan fingerprint density at radius 2 is 1.91 bits per heavy atom. The van der Waals surface area contributed by atoms with Crippen LogP contribution in [-0.4, -0.2) is 17.1 Å². The molecule has 0 bridgehead atoms. The monoisotopic (exact) mass is 303 g/mol. The second kappa shape index (κ2) is 6.40. The largest absolute Gasteiger partial charge is 0.272 e. The molecule has 1 aromatic heterocycles. The van der Waals surface area contributed by atoms with Gasteiger partial charge in [0.1, 0.15) is 0 Å². The van der Waals surface area contributed by atoms with Crippen LogP contribution in [0.15, 0.2) is 59.7 Å². The van der Waals surface area contributed by atoms with E-state index in [-0.39, 0.29) is 5.91 Å². The van der Waals surface area contributed by atoms with E-state index in [0.717, 1.165) is 27.7 Å². The second-order valence-corrected chi connectivity index (χ2v) is 5.44. The lowest BCUT2D eigenvalue weighted by Crippen LogP contribution is -2.18. The van der Waals surface area contributed by atoms with Crippen molar-refractivity contribution >= 4 is 23.0 Å². The number of nitrogens with one attached hydrogen (secondary N) is 1. The third-order valence-electron chi connectivity index (χ3n) is 3.51. The van der Waals surface area contributed by atoms with Gasteiger partial charge in [-0.15, -0.1) is 0 Å². The molecule has 0 unspecified atom stereocenters. The Kier molecular flexibility index (Phi) is 4.15. The number of nitrogens with zero attached hydrogens (tertiary/aromatic N) is 2. The van der Waals surface area contributed by atoms with E-state index in [9.17, 15) is 4.79 Å². The number of fused-ring (bicyclic) bond motifs is 1. The fourth-order valence-electron chi connectivity index (χ4n) is 2.47. The molecule has 0 fully saturated rings. The van der Waals surface area contributed by atoms with Gasteiger partial charge in [0.2, 0.25) is 0 Å². The summed E-state index contributed by atoms with van der Waals surface area (Å²) in [5, 5.41) is 4.87. The minimum Gasteiger partial charge on any atom is -0.267 e. The van der Waals surface area contributed by atoms with Crippen LogP contribution in [0.5, 0.6) is 0 Å². The average molecular weight is 303 g/mol. The number of rotatable bonds is 3. The van der Waals surface area contributed by atoms with E-state index in [1.165, 1.54) is 0 Å². The Hall–Kier alpha value is -3.01. The molecule has 3 aromatic rings. The number of hydrogen-bond donors (Lipinski definition) is 1. The molecule has 114 valence electrons. The number of benzene rings is 2. The number of carbonyl (C=O) groups excluding carboxylic acids is 1. The number of hydrazone groups is 1. The van der Waals surface area contributed by atoms with Gasteiger partial charge >= 0.3 is 0 Å². The van der Waals surface area contributed by atoms with Gasteiger partial charge < -0.3 is 0 Å². The molecule has 4 heteroatoms. The summed E-state index contributed by atoms with van der Waals surface area (Å²) >= 11 is 0. The van der Waals surface area contributed by atoms with Gasteiger partial charge in [0.05, 0.1) is 17.3 Å². The van der Waals surface area contributed by atoms with Crippen LogP contribution in [-0.2, 0) is 0 Å². The standard InChI is InChI=1S/C19H17N3O/c1-13-6-5-7-15(10-13)12-20-22-19(23)17-11-14(2)21-18-9-4-3-8-16(17)18/h3-12H,1-2H3,(H,22,23)/b20-12+. The van der Waals surface area contributed by atoms with Crippen LogP contribution in [0.4, 0.5) is 0 Å². The van der Waals surface area contributed by atoms with Gasteiger partial charge in [0, 0.05) is 11.1 Å². The molecule has 2 aromatic carbocycles. The molecule has 0 atom stereocenters. The minimum atomic E-state index is -0.240. The predicted octanol–water partition coefficient (Wildman–Crippen LogP) is 3.62. The highest BCUT2D eigenvalue weighted by Crippen LogP contribution is 2.18. The van der Waals surface area contributed by atoms with Crippen LogP contribution in [0.2, 0.25) is 0 Å². The smallest absolute Gasteiger partial charge is 0.267 e. The van der Waals surface area contributed by atoms with Crippen molar-refractivity contribution in [3.05, 3.63) is 77.0 Å². The molecule has 0 aliphatic rings. The summed E-state index contributed by atoms with van der Waals surface area (Å²) in [5.41, 5.74) is 6.87. The van der Waals surface area contributed by atoms with Crippen molar-refractivity contribution in [2.45, 2.75) is 13.8 Å². The first-order chi connectivity index (χ1) is 11.1. The van der Waals surface area contributed by atoms with Crippen molar-refractivity contribution in [2.24, 2.45) is 5.10 Å². The van der Waals surface area contributed by atoms with Crippen molar-refractivity contribution < 1.29 is 4.79 Å². The number of para-hydroxylation sites is 1. The van der Waals surface area contributed by atoms with E-state index in [2.05, 4.69) is 15.5 Å². The van der Waals surface area contributed by atoms with Gasteiger partial charge in [0.15, 0.2) is 0 Å². The lowest BCUT2D eigenvalue weighted by molar-refractivity contribution is 0.0956. The SMILES string of the molecule is Cc1cccc(/C=N/NC(=O)c2cc(C)nc3ccccc23)c1. The highest BCUT2D eigenvalue weighted by atomic mass is 16.2. The molecule has 1 amide bonds. The van der Waals surface area contributed by atoms with Gasteiger partial charge in [-0.2, -0.15) is 5.10 Å². The zero-order chi connectivity index (χ0) is 16.2. The molecule has 23 heavy (non-hydrogen) atoms. The van der Waals surface area contributed by atoms with Gasteiger partial charge in [-0.25, -0.2) is 5.43 Å². The summed E-state index contributed by atoms with van der Waals surface area (Å²) in [6.07, 6.45) is 1.64. The lowest BCUT2D eigenvalue weighted by atomic mass is 10.1. The van der Waals surface area contributed by atoms with Gasteiger partial charge in [-0.05, 0) is 31.5 Å². The van der Waals surface area contributed by atoms with E-state index in [1.807, 2.05) is 62.4 Å². The van der Waals surface area contributed by atoms with E-state index in [4.69, 9.17) is 0 Å². The number of carbonyl (C=O) groups is 1. The maximum Gasteiger partial charge on any atom is 0.272 e. The Balaban J connectivity index is 1.84. The second-order valence-electron chi connectivity index (χ2n) is 5.44. The lowest BCUT2D eigenvalue weighted by Gasteiger charge is -2.06. The molecule has 0 saturated carbocycles. The summed E-state index contributed by atoms with van der Waals surface area (Å²) in [6, 6.07) is 17.3. The van der Waals surface area contributed by atoms with Gasteiger partial charge in [-0.1, -0.05) is 48.0 Å². The molecular weight excluding hydrogens is 286 g/mol. The first-order valence-corrected chi connectivity index (χ1v) is 7.40. The van der Waals surface area contributed by atoms with E-state index in [1.54, 1.807) is 12.3 Å². The van der Waals surface area contributed by atoms with Crippen LogP contribution in [0.1, 0.15) is 27.2 Å². The maximum absolute atomic E-state index is 12.4. The number of amides is 1.